The SMILES string of the molecule is O=C(O)c1ccc(C=CC(=O)N2Cc3c([nH]c4ccccc4c3=O)C2c2ccc3c(c2)CCO3)cc1. The molecule has 7 nitrogen and oxygen atoms in total. The van der Waals surface area contributed by atoms with Crippen LogP contribution in [0.2, 0.25) is 0 Å². The van der Waals surface area contributed by atoms with E-state index in [2.05, 4.69) is 11.1 Å². The van der Waals surface area contributed by atoms with Crippen molar-refractivity contribution in [3.8, 4) is 5.75 Å². The first-order valence-electron chi connectivity index (χ1n) is 11.7. The molecule has 6 rings (SSSR count). The van der Waals surface area contributed by atoms with E-state index in [0.29, 0.717) is 23.1 Å². The number of hydrogen-bond acceptors (Lipinski definition) is 4. The number of carboxylic acid groups (broad SMARTS) is 1. The fraction of sp³-hybridized carbons (Fsp3) is 0.138. The Kier molecular flexibility index (Phi) is 5.18. The molecule has 1 amide bonds. The molecular weight excluding hydrogens is 456 g/mol. The van der Waals surface area contributed by atoms with E-state index >= 15 is 0 Å². The Morgan fingerprint density at radius 3 is 2.67 bits per heavy atom. The number of para-hydroxylation sites is 1. The highest BCUT2D eigenvalue weighted by Crippen LogP contribution is 2.39. The Morgan fingerprint density at radius 2 is 1.86 bits per heavy atom. The Labute approximate surface area is 206 Å². The van der Waals surface area contributed by atoms with Crippen LogP contribution >= 0.6 is 0 Å². The highest BCUT2D eigenvalue weighted by molar-refractivity contribution is 5.93. The van der Waals surface area contributed by atoms with Gasteiger partial charge in [0.25, 0.3) is 0 Å². The van der Waals surface area contributed by atoms with E-state index in [-0.39, 0.29) is 23.4 Å². The Balaban J connectivity index is 1.41. The van der Waals surface area contributed by atoms with Crippen LogP contribution in [-0.4, -0.2) is 33.5 Å². The van der Waals surface area contributed by atoms with Crippen molar-refractivity contribution in [2.24, 2.45) is 0 Å². The van der Waals surface area contributed by atoms with E-state index in [9.17, 15) is 14.4 Å². The van der Waals surface area contributed by atoms with Gasteiger partial charge in [-0.25, -0.2) is 4.79 Å². The summed E-state index contributed by atoms with van der Waals surface area (Å²) >= 11 is 0. The van der Waals surface area contributed by atoms with Gasteiger partial charge in [-0.1, -0.05) is 30.3 Å². The third-order valence-electron chi connectivity index (χ3n) is 6.84. The number of H-pyrrole nitrogens is 1. The highest BCUT2D eigenvalue weighted by Gasteiger charge is 2.37. The monoisotopic (exact) mass is 478 g/mol. The van der Waals surface area contributed by atoms with E-state index in [4.69, 9.17) is 9.84 Å². The van der Waals surface area contributed by atoms with Gasteiger partial charge >= 0.3 is 5.97 Å². The highest BCUT2D eigenvalue weighted by atomic mass is 16.5. The van der Waals surface area contributed by atoms with Crippen molar-refractivity contribution in [3.63, 3.8) is 0 Å². The predicted octanol–water partition coefficient (Wildman–Crippen LogP) is 4.31. The van der Waals surface area contributed by atoms with Gasteiger partial charge in [0.2, 0.25) is 5.91 Å². The van der Waals surface area contributed by atoms with E-state index in [1.165, 1.54) is 18.2 Å². The lowest BCUT2D eigenvalue weighted by molar-refractivity contribution is -0.127. The molecule has 178 valence electrons. The molecule has 3 heterocycles. The summed E-state index contributed by atoms with van der Waals surface area (Å²) in [5.41, 5.74) is 4.87. The minimum atomic E-state index is -1.00. The molecule has 3 aromatic carbocycles. The van der Waals surface area contributed by atoms with E-state index in [0.717, 1.165) is 34.5 Å². The van der Waals surface area contributed by atoms with Crippen molar-refractivity contribution < 1.29 is 19.4 Å². The maximum absolute atomic E-state index is 13.5. The molecule has 0 spiro atoms. The van der Waals surface area contributed by atoms with Gasteiger partial charge in [-0.15, -0.1) is 0 Å². The second-order valence-corrected chi connectivity index (χ2v) is 8.99. The summed E-state index contributed by atoms with van der Waals surface area (Å²) in [6, 6.07) is 19.2. The Bertz CT molecular complexity index is 1620. The van der Waals surface area contributed by atoms with Crippen molar-refractivity contribution in [2.45, 2.75) is 19.0 Å². The van der Waals surface area contributed by atoms with Gasteiger partial charge in [0.15, 0.2) is 5.43 Å². The molecule has 36 heavy (non-hydrogen) atoms. The fourth-order valence-electron chi connectivity index (χ4n) is 5.03. The van der Waals surface area contributed by atoms with E-state index < -0.39 is 12.0 Å². The van der Waals surface area contributed by atoms with Crippen LogP contribution in [0.15, 0.2) is 77.6 Å². The molecule has 0 saturated carbocycles. The molecule has 0 aliphatic carbocycles. The van der Waals surface area contributed by atoms with Crippen LogP contribution in [0, 0.1) is 0 Å². The van der Waals surface area contributed by atoms with Crippen molar-refractivity contribution in [2.75, 3.05) is 6.61 Å². The van der Waals surface area contributed by atoms with E-state index in [1.807, 2.05) is 30.3 Å². The molecule has 0 bridgehead atoms. The summed E-state index contributed by atoms with van der Waals surface area (Å²) in [6.45, 7) is 0.822. The number of carbonyl (C=O) groups is 2. The number of rotatable bonds is 4. The first-order chi connectivity index (χ1) is 17.5. The van der Waals surface area contributed by atoms with Gasteiger partial charge in [-0.05, 0) is 59.2 Å². The maximum Gasteiger partial charge on any atom is 0.335 e. The number of carboxylic acids is 1. The van der Waals surface area contributed by atoms with Crippen molar-refractivity contribution in [1.82, 2.24) is 9.88 Å². The summed E-state index contributed by atoms with van der Waals surface area (Å²) in [7, 11) is 0. The van der Waals surface area contributed by atoms with Gasteiger partial charge in [-0.3, -0.25) is 9.59 Å². The molecule has 7 heteroatoms. The van der Waals surface area contributed by atoms with Crippen LogP contribution in [0.3, 0.4) is 0 Å². The standard InChI is InChI=1S/C29H22N2O5/c32-25(12-7-17-5-8-18(9-6-17)29(34)35)31-16-22-26(30-23-4-2-1-3-21(23)28(22)33)27(31)20-10-11-24-19(15-20)13-14-36-24/h1-12,15,27H,13-14,16H2,(H,30,33)(H,34,35). The number of carbonyl (C=O) groups excluding carboxylic acids is 1. The minimum absolute atomic E-state index is 0.0719. The number of fused-ring (bicyclic) bond motifs is 3. The third-order valence-corrected chi connectivity index (χ3v) is 6.84. The van der Waals surface area contributed by atoms with Gasteiger partial charge in [0, 0.05) is 29.0 Å². The Morgan fingerprint density at radius 1 is 1.06 bits per heavy atom. The lowest BCUT2D eigenvalue weighted by Gasteiger charge is -2.25. The summed E-state index contributed by atoms with van der Waals surface area (Å²) < 4.78 is 5.66. The van der Waals surface area contributed by atoms with Crippen LogP contribution in [-0.2, 0) is 17.8 Å². The van der Waals surface area contributed by atoms with Crippen LogP contribution in [0.25, 0.3) is 17.0 Å². The Hall–Kier alpha value is -4.65. The second kappa shape index (κ2) is 8.53. The fourth-order valence-corrected chi connectivity index (χ4v) is 5.03. The molecule has 1 unspecified atom stereocenters. The zero-order valence-corrected chi connectivity index (χ0v) is 19.2. The normalized spacial score (nSPS) is 16.2. The van der Waals surface area contributed by atoms with E-state index in [1.54, 1.807) is 29.2 Å². The minimum Gasteiger partial charge on any atom is -0.493 e. The zero-order chi connectivity index (χ0) is 24.8. The zero-order valence-electron chi connectivity index (χ0n) is 19.2. The van der Waals surface area contributed by atoms with Crippen LogP contribution < -0.4 is 10.2 Å². The molecule has 0 saturated heterocycles. The number of aromatic amines is 1. The van der Waals surface area contributed by atoms with Crippen LogP contribution in [0.4, 0.5) is 0 Å². The quantitative estimate of drug-likeness (QED) is 0.426. The number of aromatic nitrogens is 1. The number of hydrogen-bond donors (Lipinski definition) is 2. The molecule has 0 radical (unpaired) electrons. The average molecular weight is 479 g/mol. The molecule has 2 aliphatic rings. The van der Waals surface area contributed by atoms with Crippen molar-refractivity contribution >= 4 is 28.9 Å². The van der Waals surface area contributed by atoms with Crippen molar-refractivity contribution in [3.05, 3.63) is 117 Å². The number of ether oxygens (including phenoxy) is 1. The molecule has 4 aromatic rings. The number of amides is 1. The third kappa shape index (κ3) is 3.65. The summed E-state index contributed by atoms with van der Waals surface area (Å²) in [6.07, 6.45) is 3.93. The lowest BCUT2D eigenvalue weighted by Crippen LogP contribution is -2.29. The smallest absolute Gasteiger partial charge is 0.335 e. The number of benzene rings is 3. The van der Waals surface area contributed by atoms with Gasteiger partial charge in [0.1, 0.15) is 5.75 Å². The summed E-state index contributed by atoms with van der Waals surface area (Å²) in [4.78, 5) is 43.1. The van der Waals surface area contributed by atoms with Gasteiger partial charge in [-0.2, -0.15) is 0 Å². The topological polar surface area (TPSA) is 99.7 Å². The van der Waals surface area contributed by atoms with Crippen LogP contribution in [0.5, 0.6) is 5.75 Å². The first-order valence-corrected chi connectivity index (χ1v) is 11.7. The lowest BCUT2D eigenvalue weighted by atomic mass is 9.98. The predicted molar refractivity (Wildman–Crippen MR) is 135 cm³/mol. The second-order valence-electron chi connectivity index (χ2n) is 8.99. The molecule has 1 atom stereocenters. The number of pyridine rings is 1. The van der Waals surface area contributed by atoms with Crippen molar-refractivity contribution in [1.29, 1.82) is 0 Å². The van der Waals surface area contributed by atoms with Gasteiger partial charge < -0.3 is 19.7 Å². The number of nitrogens with one attached hydrogen (secondary N) is 1. The molecule has 2 aliphatic heterocycles. The molecule has 1 aromatic heterocycles. The molecule has 2 N–H and O–H groups in total. The summed E-state index contributed by atoms with van der Waals surface area (Å²) in [5.74, 6) is -0.394. The first kappa shape index (κ1) is 21.9. The number of nitrogens with zero attached hydrogens (tertiary/aromatic N) is 1. The summed E-state index contributed by atoms with van der Waals surface area (Å²) in [5, 5.41) is 9.69. The van der Waals surface area contributed by atoms with Crippen LogP contribution in [0.1, 0.15) is 44.3 Å². The average Bonchev–Trinajstić information content (AvgIpc) is 3.52. The van der Waals surface area contributed by atoms with Gasteiger partial charge in [0.05, 0.1) is 30.5 Å². The number of aromatic carboxylic acids is 1. The molecular formula is C29H22N2O5. The molecule has 0 fully saturated rings. The maximum atomic E-state index is 13.5. The largest absolute Gasteiger partial charge is 0.493 e.